The third-order valence-corrected chi connectivity index (χ3v) is 7.18. The van der Waals surface area contributed by atoms with Crippen LogP contribution in [0.25, 0.3) is 11.0 Å². The molecule has 4 aromatic rings. The molecule has 12 heteroatoms. The number of fused-ring (bicyclic) bond motifs is 1. The molecule has 0 radical (unpaired) electrons. The first-order valence-electron chi connectivity index (χ1n) is 13.2. The van der Waals surface area contributed by atoms with Crippen LogP contribution in [0.4, 0.5) is 10.6 Å². The topological polar surface area (TPSA) is 130 Å². The largest absolute Gasteiger partial charge is 0.444 e. The molecule has 1 aliphatic rings. The predicted octanol–water partition coefficient (Wildman–Crippen LogP) is 4.23. The minimum atomic E-state index is -1.20. The number of halogens is 1. The molecule has 3 N–H and O–H groups in total. The number of hydrogen-bond acceptors (Lipinski definition) is 7. The van der Waals surface area contributed by atoms with E-state index in [0.29, 0.717) is 37.5 Å². The second-order valence-electron chi connectivity index (χ2n) is 10.9. The van der Waals surface area contributed by atoms with E-state index in [2.05, 4.69) is 35.6 Å². The fourth-order valence-corrected chi connectivity index (χ4v) is 5.07. The van der Waals surface area contributed by atoms with Crippen LogP contribution in [0.5, 0.6) is 0 Å². The number of H-pyrrole nitrogens is 1. The van der Waals surface area contributed by atoms with Crippen LogP contribution < -0.4 is 15.5 Å². The molecule has 0 saturated carbocycles. The number of carbonyl (C=O) groups is 2. The van der Waals surface area contributed by atoms with E-state index in [9.17, 15) is 9.59 Å². The van der Waals surface area contributed by atoms with Gasteiger partial charge in [-0.1, -0.05) is 23.7 Å². The van der Waals surface area contributed by atoms with Crippen LogP contribution in [0.2, 0.25) is 5.02 Å². The highest BCUT2D eigenvalue weighted by molar-refractivity contribution is 6.30. The summed E-state index contributed by atoms with van der Waals surface area (Å²) in [5.41, 5.74) is -0.294. The molecule has 3 aromatic heterocycles. The Bertz CT molecular complexity index is 1450. The van der Waals surface area contributed by atoms with Gasteiger partial charge in [0, 0.05) is 36.7 Å². The molecule has 11 nitrogen and oxygen atoms in total. The lowest BCUT2D eigenvalue weighted by molar-refractivity contribution is -0.129. The Balaban J connectivity index is 1.40. The van der Waals surface area contributed by atoms with E-state index in [1.165, 1.54) is 6.33 Å². The van der Waals surface area contributed by atoms with Crippen molar-refractivity contribution in [2.75, 3.05) is 18.0 Å². The van der Waals surface area contributed by atoms with Crippen LogP contribution in [0.15, 0.2) is 61.3 Å². The number of rotatable bonds is 7. The van der Waals surface area contributed by atoms with Crippen LogP contribution in [0, 0.1) is 0 Å². The summed E-state index contributed by atoms with van der Waals surface area (Å²) >= 11 is 6.13. The molecule has 1 unspecified atom stereocenters. The molecule has 1 aromatic carbocycles. The van der Waals surface area contributed by atoms with Crippen molar-refractivity contribution in [3.63, 3.8) is 0 Å². The van der Waals surface area contributed by atoms with Gasteiger partial charge in [0.05, 0.1) is 18.0 Å². The number of hydrogen-bond donors (Lipinski definition) is 3. The zero-order valence-corrected chi connectivity index (χ0v) is 23.5. The average Bonchev–Trinajstić information content (AvgIpc) is 3.60. The quantitative estimate of drug-likeness (QED) is 0.306. The SMILES string of the molecule is CC(C)(C)OC(=O)NC1(C(=O)NC(Cn2cccn2)c2ccc(Cl)cc2)CCN(c2ncnc3[nH]ccc23)CC1. The van der Waals surface area contributed by atoms with E-state index in [1.54, 1.807) is 43.8 Å². The Labute approximate surface area is 237 Å². The molecule has 4 heterocycles. The summed E-state index contributed by atoms with van der Waals surface area (Å²) in [4.78, 5) is 41.1. The molecule has 40 heavy (non-hydrogen) atoms. The first-order valence-corrected chi connectivity index (χ1v) is 13.6. The molecule has 2 amide bonds. The number of benzene rings is 1. The number of aromatic amines is 1. The van der Waals surface area contributed by atoms with Gasteiger partial charge in [0.2, 0.25) is 5.91 Å². The maximum atomic E-state index is 14.1. The monoisotopic (exact) mass is 564 g/mol. The Hall–Kier alpha value is -4.12. The van der Waals surface area contributed by atoms with Gasteiger partial charge in [-0.3, -0.25) is 9.48 Å². The molecule has 5 rings (SSSR count). The molecule has 0 bridgehead atoms. The van der Waals surface area contributed by atoms with Crippen LogP contribution in [-0.2, 0) is 16.1 Å². The third kappa shape index (κ3) is 6.20. The van der Waals surface area contributed by atoms with Crippen molar-refractivity contribution >= 4 is 40.5 Å². The molecule has 1 aliphatic heterocycles. The van der Waals surface area contributed by atoms with Gasteiger partial charge >= 0.3 is 6.09 Å². The van der Waals surface area contributed by atoms with E-state index in [-0.39, 0.29) is 5.91 Å². The standard InChI is InChI=1S/C28H33ClN8O3/c1-27(2,3)40-26(39)35-28(10-15-36(16-11-28)24-21-9-13-30-23(21)31-18-32-24)25(38)34-22(17-37-14-4-12-33-37)19-5-7-20(29)8-6-19/h4-9,12-14,18,22H,10-11,15-17H2,1-3H3,(H,34,38)(H,35,39)(H,30,31,32). The molecule has 210 valence electrons. The average molecular weight is 565 g/mol. The van der Waals surface area contributed by atoms with Gasteiger partial charge in [0.15, 0.2) is 0 Å². The molecule has 1 fully saturated rings. The zero-order chi connectivity index (χ0) is 28.3. The second kappa shape index (κ2) is 11.2. The van der Waals surface area contributed by atoms with E-state index >= 15 is 0 Å². The number of anilines is 1. The van der Waals surface area contributed by atoms with Crippen LogP contribution in [-0.4, -0.2) is 61.0 Å². The van der Waals surface area contributed by atoms with Crippen molar-refractivity contribution < 1.29 is 14.3 Å². The highest BCUT2D eigenvalue weighted by atomic mass is 35.5. The minimum absolute atomic E-state index is 0.292. The zero-order valence-electron chi connectivity index (χ0n) is 22.7. The molecule has 0 spiro atoms. The first-order chi connectivity index (χ1) is 19.1. The van der Waals surface area contributed by atoms with E-state index in [1.807, 2.05) is 36.7 Å². The van der Waals surface area contributed by atoms with Crippen molar-refractivity contribution in [2.24, 2.45) is 0 Å². The van der Waals surface area contributed by atoms with Crippen LogP contribution in [0.1, 0.15) is 45.2 Å². The van der Waals surface area contributed by atoms with Gasteiger partial charge < -0.3 is 25.3 Å². The minimum Gasteiger partial charge on any atom is -0.444 e. The summed E-state index contributed by atoms with van der Waals surface area (Å²) in [6.45, 7) is 6.76. The number of nitrogens with one attached hydrogen (secondary N) is 3. The Kier molecular flexibility index (Phi) is 7.66. The second-order valence-corrected chi connectivity index (χ2v) is 11.4. The number of amides is 2. The van der Waals surface area contributed by atoms with Crippen molar-refractivity contribution in [2.45, 2.75) is 57.3 Å². The maximum Gasteiger partial charge on any atom is 0.408 e. The normalized spacial score (nSPS) is 15.9. The Morgan fingerprint density at radius 3 is 2.58 bits per heavy atom. The maximum absolute atomic E-state index is 14.1. The summed E-state index contributed by atoms with van der Waals surface area (Å²) < 4.78 is 7.32. The summed E-state index contributed by atoms with van der Waals surface area (Å²) in [7, 11) is 0. The van der Waals surface area contributed by atoms with E-state index in [4.69, 9.17) is 16.3 Å². The van der Waals surface area contributed by atoms with Crippen molar-refractivity contribution in [1.82, 2.24) is 35.4 Å². The number of alkyl carbamates (subject to hydrolysis) is 1. The Morgan fingerprint density at radius 2 is 1.90 bits per heavy atom. The Morgan fingerprint density at radius 1 is 1.15 bits per heavy atom. The summed E-state index contributed by atoms with van der Waals surface area (Å²) in [5.74, 6) is 0.495. The molecule has 1 atom stereocenters. The molecule has 0 aliphatic carbocycles. The summed E-state index contributed by atoms with van der Waals surface area (Å²) in [5, 5.41) is 11.9. The lowest BCUT2D eigenvalue weighted by Crippen LogP contribution is -2.64. The number of piperidine rings is 1. The van der Waals surface area contributed by atoms with Gasteiger partial charge in [0.25, 0.3) is 0 Å². The number of aromatic nitrogens is 5. The van der Waals surface area contributed by atoms with Gasteiger partial charge in [-0.05, 0) is 63.4 Å². The van der Waals surface area contributed by atoms with Crippen molar-refractivity contribution in [3.05, 3.63) is 71.9 Å². The van der Waals surface area contributed by atoms with Gasteiger partial charge in [0.1, 0.15) is 28.9 Å². The highest BCUT2D eigenvalue weighted by Gasteiger charge is 2.45. The van der Waals surface area contributed by atoms with E-state index < -0.39 is 23.3 Å². The van der Waals surface area contributed by atoms with E-state index in [0.717, 1.165) is 22.4 Å². The fourth-order valence-electron chi connectivity index (χ4n) is 4.94. The lowest BCUT2D eigenvalue weighted by atomic mass is 9.85. The third-order valence-electron chi connectivity index (χ3n) is 6.93. The first kappa shape index (κ1) is 27.4. The number of carbonyl (C=O) groups excluding carboxylic acids is 2. The van der Waals surface area contributed by atoms with Gasteiger partial charge in [-0.2, -0.15) is 5.10 Å². The predicted molar refractivity (Wildman–Crippen MR) is 152 cm³/mol. The number of ether oxygens (including phenoxy) is 1. The smallest absolute Gasteiger partial charge is 0.408 e. The highest BCUT2D eigenvalue weighted by Crippen LogP contribution is 2.31. The molecular formula is C28H33ClN8O3. The van der Waals surface area contributed by atoms with Gasteiger partial charge in [-0.25, -0.2) is 14.8 Å². The summed E-state index contributed by atoms with van der Waals surface area (Å²) in [6, 6.07) is 10.7. The molecule has 1 saturated heterocycles. The number of nitrogens with zero attached hydrogens (tertiary/aromatic N) is 5. The van der Waals surface area contributed by atoms with Crippen molar-refractivity contribution in [1.29, 1.82) is 0 Å². The lowest BCUT2D eigenvalue weighted by Gasteiger charge is -2.42. The summed E-state index contributed by atoms with van der Waals surface area (Å²) in [6.07, 6.45) is 6.94. The molecular weight excluding hydrogens is 532 g/mol. The van der Waals surface area contributed by atoms with Crippen LogP contribution >= 0.6 is 11.6 Å². The fraction of sp³-hybridized carbons (Fsp3) is 0.393. The van der Waals surface area contributed by atoms with Gasteiger partial charge in [-0.15, -0.1) is 0 Å². The van der Waals surface area contributed by atoms with Crippen molar-refractivity contribution in [3.8, 4) is 0 Å². The van der Waals surface area contributed by atoms with Crippen LogP contribution in [0.3, 0.4) is 0 Å².